The van der Waals surface area contributed by atoms with Crippen molar-refractivity contribution in [2.45, 2.75) is 26.0 Å². The highest BCUT2D eigenvalue weighted by atomic mass is 19.1. The molecule has 4 nitrogen and oxygen atoms in total. The molecule has 0 saturated carbocycles. The Bertz CT molecular complexity index is 484. The zero-order chi connectivity index (χ0) is 14.0. The van der Waals surface area contributed by atoms with Gasteiger partial charge in [-0.1, -0.05) is 6.07 Å². The van der Waals surface area contributed by atoms with Gasteiger partial charge in [0.2, 0.25) is 0 Å². The van der Waals surface area contributed by atoms with Crippen LogP contribution in [-0.4, -0.2) is 41.3 Å². The molecule has 104 valence electrons. The summed E-state index contributed by atoms with van der Waals surface area (Å²) in [5.41, 5.74) is 1.63. The first-order valence-electron chi connectivity index (χ1n) is 6.21. The number of carboxylic acids is 1. The third kappa shape index (κ3) is 3.52. The van der Waals surface area contributed by atoms with Crippen molar-refractivity contribution in [1.29, 1.82) is 0 Å². The Morgan fingerprint density at radius 2 is 2.21 bits per heavy atom. The van der Waals surface area contributed by atoms with Crippen LogP contribution in [0, 0.1) is 12.7 Å². The van der Waals surface area contributed by atoms with Crippen molar-refractivity contribution < 1.29 is 19.0 Å². The van der Waals surface area contributed by atoms with Crippen LogP contribution in [0.3, 0.4) is 0 Å². The molecule has 0 atom stereocenters. The monoisotopic (exact) mass is 267 g/mol. The fraction of sp³-hybridized carbons (Fsp3) is 0.500. The number of nitrogens with zero attached hydrogens (tertiary/aromatic N) is 1. The second-order valence-corrected chi connectivity index (χ2v) is 5.35. The van der Waals surface area contributed by atoms with E-state index in [1.54, 1.807) is 6.07 Å². The van der Waals surface area contributed by atoms with E-state index in [1.807, 2.05) is 13.8 Å². The van der Waals surface area contributed by atoms with Crippen LogP contribution in [0.25, 0.3) is 0 Å². The fourth-order valence-corrected chi connectivity index (χ4v) is 2.42. The molecular formula is C14H18FNO3. The largest absolute Gasteiger partial charge is 0.480 e. The van der Waals surface area contributed by atoms with Gasteiger partial charge in [0.15, 0.2) is 0 Å². The molecule has 19 heavy (non-hydrogen) atoms. The molecule has 1 saturated heterocycles. The van der Waals surface area contributed by atoms with E-state index in [0.717, 1.165) is 17.7 Å². The van der Waals surface area contributed by atoms with E-state index in [1.165, 1.54) is 12.1 Å². The summed E-state index contributed by atoms with van der Waals surface area (Å²) in [5, 5.41) is 8.59. The Morgan fingerprint density at radius 1 is 1.53 bits per heavy atom. The average molecular weight is 267 g/mol. The number of carbonyl (C=O) groups is 1. The number of aliphatic carboxylic acids is 1. The van der Waals surface area contributed by atoms with Crippen LogP contribution < -0.4 is 0 Å². The summed E-state index contributed by atoms with van der Waals surface area (Å²) in [6.07, 6.45) is 0. The maximum absolute atomic E-state index is 13.0. The molecule has 1 aliphatic rings. The Balaban J connectivity index is 1.85. The molecule has 1 N–H and O–H groups in total. The van der Waals surface area contributed by atoms with Gasteiger partial charge in [0.1, 0.15) is 12.4 Å². The lowest BCUT2D eigenvalue weighted by Crippen LogP contribution is -2.61. The van der Waals surface area contributed by atoms with Crippen molar-refractivity contribution in [2.75, 3.05) is 19.7 Å². The van der Waals surface area contributed by atoms with Gasteiger partial charge >= 0.3 is 5.97 Å². The maximum Gasteiger partial charge on any atom is 0.329 e. The molecular weight excluding hydrogens is 249 g/mol. The topological polar surface area (TPSA) is 49.8 Å². The summed E-state index contributed by atoms with van der Waals surface area (Å²) in [6.45, 7) is 5.65. The fourth-order valence-electron chi connectivity index (χ4n) is 2.42. The Morgan fingerprint density at radius 3 is 2.79 bits per heavy atom. The van der Waals surface area contributed by atoms with Crippen LogP contribution in [0.4, 0.5) is 4.39 Å². The summed E-state index contributed by atoms with van der Waals surface area (Å²) in [4.78, 5) is 12.6. The van der Waals surface area contributed by atoms with Gasteiger partial charge in [-0.3, -0.25) is 4.90 Å². The summed E-state index contributed by atoms with van der Waals surface area (Å²) < 4.78 is 18.3. The predicted octanol–water partition coefficient (Wildman–Crippen LogP) is 1.81. The van der Waals surface area contributed by atoms with Crippen LogP contribution in [0.2, 0.25) is 0 Å². The number of ether oxygens (including phenoxy) is 1. The highest BCUT2D eigenvalue weighted by Gasteiger charge is 2.40. The van der Waals surface area contributed by atoms with Gasteiger partial charge in [0, 0.05) is 19.6 Å². The first kappa shape index (κ1) is 14.0. The minimum atomic E-state index is -0.950. The molecule has 0 bridgehead atoms. The number of likely N-dealkylation sites (tertiary alicyclic amines) is 1. The van der Waals surface area contributed by atoms with E-state index in [-0.39, 0.29) is 18.0 Å². The van der Waals surface area contributed by atoms with Crippen LogP contribution in [0.15, 0.2) is 18.2 Å². The Labute approximate surface area is 111 Å². The number of aryl methyl sites for hydroxylation is 1. The van der Waals surface area contributed by atoms with Gasteiger partial charge in [0.25, 0.3) is 0 Å². The van der Waals surface area contributed by atoms with E-state index in [9.17, 15) is 9.18 Å². The van der Waals surface area contributed by atoms with Crippen LogP contribution in [-0.2, 0) is 16.1 Å². The summed E-state index contributed by atoms with van der Waals surface area (Å²) in [6, 6.07) is 4.77. The first-order valence-corrected chi connectivity index (χ1v) is 6.21. The van der Waals surface area contributed by atoms with Gasteiger partial charge in [0.05, 0.1) is 5.60 Å². The maximum atomic E-state index is 13.0. The van der Waals surface area contributed by atoms with Gasteiger partial charge < -0.3 is 9.84 Å². The first-order chi connectivity index (χ1) is 8.88. The van der Waals surface area contributed by atoms with Crippen molar-refractivity contribution in [2.24, 2.45) is 0 Å². The van der Waals surface area contributed by atoms with E-state index in [2.05, 4.69) is 4.90 Å². The molecule has 0 aliphatic carbocycles. The molecule has 1 aromatic rings. The molecule has 1 fully saturated rings. The third-order valence-corrected chi connectivity index (χ3v) is 3.36. The minimum absolute atomic E-state index is 0.223. The van der Waals surface area contributed by atoms with Crippen LogP contribution in [0.1, 0.15) is 18.1 Å². The van der Waals surface area contributed by atoms with E-state index in [0.29, 0.717) is 13.1 Å². The molecule has 5 heteroatoms. The number of halogens is 1. The molecule has 0 amide bonds. The van der Waals surface area contributed by atoms with Crippen LogP contribution in [0.5, 0.6) is 0 Å². The highest BCUT2D eigenvalue weighted by molar-refractivity contribution is 5.68. The molecule has 0 unspecified atom stereocenters. The number of hydrogen-bond donors (Lipinski definition) is 1. The number of benzene rings is 1. The lowest BCUT2D eigenvalue weighted by Gasteiger charge is -2.47. The van der Waals surface area contributed by atoms with E-state index in [4.69, 9.17) is 9.84 Å². The molecule has 0 spiro atoms. The van der Waals surface area contributed by atoms with Crippen molar-refractivity contribution in [3.63, 3.8) is 0 Å². The highest BCUT2D eigenvalue weighted by Crippen LogP contribution is 2.27. The van der Waals surface area contributed by atoms with Gasteiger partial charge in [-0.25, -0.2) is 9.18 Å². The number of carboxylic acid groups (broad SMARTS) is 1. The third-order valence-electron chi connectivity index (χ3n) is 3.36. The zero-order valence-corrected chi connectivity index (χ0v) is 11.1. The summed E-state index contributed by atoms with van der Waals surface area (Å²) in [7, 11) is 0. The molecule has 1 aliphatic heterocycles. The van der Waals surface area contributed by atoms with Crippen molar-refractivity contribution in [3.05, 3.63) is 35.1 Å². The smallest absolute Gasteiger partial charge is 0.329 e. The zero-order valence-electron chi connectivity index (χ0n) is 11.1. The Kier molecular flexibility index (Phi) is 3.87. The number of rotatable bonds is 5. The van der Waals surface area contributed by atoms with Gasteiger partial charge in [-0.2, -0.15) is 0 Å². The SMILES string of the molecule is Cc1cc(F)ccc1CN1CC(C)(OCC(=O)O)C1. The second-order valence-electron chi connectivity index (χ2n) is 5.35. The van der Waals surface area contributed by atoms with Crippen LogP contribution >= 0.6 is 0 Å². The van der Waals surface area contributed by atoms with Gasteiger partial charge in [-0.05, 0) is 37.1 Å². The van der Waals surface area contributed by atoms with E-state index < -0.39 is 5.97 Å². The molecule has 2 rings (SSSR count). The molecule has 1 heterocycles. The summed E-state index contributed by atoms with van der Waals surface area (Å²) in [5.74, 6) is -1.17. The molecule has 0 radical (unpaired) electrons. The van der Waals surface area contributed by atoms with Crippen molar-refractivity contribution in [3.8, 4) is 0 Å². The molecule has 0 aromatic heterocycles. The summed E-state index contributed by atoms with van der Waals surface area (Å²) >= 11 is 0. The van der Waals surface area contributed by atoms with Crippen molar-refractivity contribution >= 4 is 5.97 Å². The van der Waals surface area contributed by atoms with Gasteiger partial charge in [-0.15, -0.1) is 0 Å². The van der Waals surface area contributed by atoms with E-state index >= 15 is 0 Å². The standard InChI is InChI=1S/C14H18FNO3/c1-10-5-12(15)4-3-11(10)6-16-8-14(2,9-16)19-7-13(17)18/h3-5H,6-9H2,1-2H3,(H,17,18). The lowest BCUT2D eigenvalue weighted by molar-refractivity contribution is -0.165. The Hall–Kier alpha value is -1.46. The normalized spacial score (nSPS) is 18.1. The second kappa shape index (κ2) is 5.27. The minimum Gasteiger partial charge on any atom is -0.480 e. The average Bonchev–Trinajstić information content (AvgIpc) is 2.28. The van der Waals surface area contributed by atoms with Crippen molar-refractivity contribution in [1.82, 2.24) is 4.90 Å². The predicted molar refractivity (Wildman–Crippen MR) is 68.4 cm³/mol. The quantitative estimate of drug-likeness (QED) is 0.884. The number of hydrogen-bond acceptors (Lipinski definition) is 3. The lowest BCUT2D eigenvalue weighted by atomic mass is 9.95. The molecule has 1 aromatic carbocycles.